The number of anilines is 1. The van der Waals surface area contributed by atoms with Gasteiger partial charge in [-0.1, -0.05) is 12.1 Å². The zero-order valence-electron chi connectivity index (χ0n) is 14.3. The van der Waals surface area contributed by atoms with Crippen LogP contribution in [0.5, 0.6) is 5.88 Å². The zero-order chi connectivity index (χ0) is 17.9. The van der Waals surface area contributed by atoms with Crippen LogP contribution in [0.15, 0.2) is 42.6 Å². The minimum absolute atomic E-state index is 0.227. The molecule has 132 valence electrons. The van der Waals surface area contributed by atoms with Crippen LogP contribution in [0.3, 0.4) is 0 Å². The largest absolute Gasteiger partial charge is 0.481 e. The van der Waals surface area contributed by atoms with Crippen LogP contribution < -0.4 is 10.1 Å². The quantitative estimate of drug-likeness (QED) is 0.755. The molecule has 0 fully saturated rings. The molecule has 0 saturated carbocycles. The number of nitrogens with one attached hydrogen (secondary N) is 2. The lowest BCUT2D eigenvalue weighted by Gasteiger charge is -2.13. The fourth-order valence-electron chi connectivity index (χ4n) is 2.96. The molecule has 3 aromatic rings. The van der Waals surface area contributed by atoms with Crippen LogP contribution in [-0.4, -0.2) is 34.8 Å². The number of ether oxygens (including phenoxy) is 2. The molecule has 0 saturated heterocycles. The first-order valence-electron chi connectivity index (χ1n) is 8.30. The molecule has 7 nitrogen and oxygen atoms in total. The van der Waals surface area contributed by atoms with Gasteiger partial charge in [-0.25, -0.2) is 4.98 Å². The summed E-state index contributed by atoms with van der Waals surface area (Å²) in [6.07, 6.45) is 2.38. The summed E-state index contributed by atoms with van der Waals surface area (Å²) >= 11 is 0. The second kappa shape index (κ2) is 6.97. The average molecular weight is 350 g/mol. The SMILES string of the molecule is COc1cc(C(=O)Nc2cccc(-c3n[nH]c4c3COCC4)c2)ccn1. The lowest BCUT2D eigenvalue weighted by molar-refractivity contribution is 0.102. The molecule has 0 spiro atoms. The van der Waals surface area contributed by atoms with Gasteiger partial charge in [0.15, 0.2) is 0 Å². The Labute approximate surface area is 150 Å². The van der Waals surface area contributed by atoms with Gasteiger partial charge in [0, 0.05) is 46.8 Å². The number of benzene rings is 1. The third-order valence-electron chi connectivity index (χ3n) is 4.30. The number of hydrogen-bond acceptors (Lipinski definition) is 5. The smallest absolute Gasteiger partial charge is 0.255 e. The number of carbonyl (C=O) groups excluding carboxylic acids is 1. The van der Waals surface area contributed by atoms with E-state index in [0.29, 0.717) is 30.3 Å². The van der Waals surface area contributed by atoms with Crippen molar-refractivity contribution in [2.75, 3.05) is 19.0 Å². The fraction of sp³-hybridized carbons (Fsp3) is 0.211. The van der Waals surface area contributed by atoms with Gasteiger partial charge >= 0.3 is 0 Å². The van der Waals surface area contributed by atoms with Gasteiger partial charge < -0.3 is 14.8 Å². The lowest BCUT2D eigenvalue weighted by Crippen LogP contribution is -2.12. The number of fused-ring (bicyclic) bond motifs is 1. The van der Waals surface area contributed by atoms with Crippen LogP contribution in [0.1, 0.15) is 21.6 Å². The Kier molecular flexibility index (Phi) is 4.37. The highest BCUT2D eigenvalue weighted by Crippen LogP contribution is 2.29. The maximum Gasteiger partial charge on any atom is 0.255 e. The van der Waals surface area contributed by atoms with Crippen molar-refractivity contribution >= 4 is 11.6 Å². The van der Waals surface area contributed by atoms with Gasteiger partial charge in [-0.2, -0.15) is 5.10 Å². The molecule has 2 aromatic heterocycles. The molecule has 3 heterocycles. The third kappa shape index (κ3) is 3.16. The summed E-state index contributed by atoms with van der Waals surface area (Å²) in [5.74, 6) is 0.171. The van der Waals surface area contributed by atoms with Crippen LogP contribution in [-0.2, 0) is 17.8 Å². The van der Waals surface area contributed by atoms with Gasteiger partial charge in [-0.05, 0) is 18.2 Å². The molecule has 1 aliphatic rings. The summed E-state index contributed by atoms with van der Waals surface area (Å²) in [7, 11) is 1.52. The Morgan fingerprint density at radius 1 is 1.31 bits per heavy atom. The minimum atomic E-state index is -0.227. The molecule has 4 rings (SSSR count). The Balaban J connectivity index is 1.58. The number of H-pyrrole nitrogens is 1. The summed E-state index contributed by atoms with van der Waals surface area (Å²) in [6, 6.07) is 10.8. The number of amides is 1. The Bertz CT molecular complexity index is 951. The standard InChI is InChI=1S/C19H18N4O3/c1-25-17-10-13(5-7-20-17)19(24)21-14-4-2-3-12(9-14)18-15-11-26-8-6-16(15)22-23-18/h2-5,7,9-10H,6,8,11H2,1H3,(H,21,24)(H,22,23). The number of aromatic amines is 1. The Morgan fingerprint density at radius 2 is 2.23 bits per heavy atom. The molecular weight excluding hydrogens is 332 g/mol. The molecule has 0 atom stereocenters. The van der Waals surface area contributed by atoms with Gasteiger partial charge in [0.05, 0.1) is 26.0 Å². The van der Waals surface area contributed by atoms with E-state index in [-0.39, 0.29) is 5.91 Å². The monoisotopic (exact) mass is 350 g/mol. The summed E-state index contributed by atoms with van der Waals surface area (Å²) in [5, 5.41) is 10.4. The van der Waals surface area contributed by atoms with E-state index in [9.17, 15) is 4.79 Å². The van der Waals surface area contributed by atoms with Gasteiger partial charge in [0.1, 0.15) is 0 Å². The molecule has 0 unspecified atom stereocenters. The molecule has 1 amide bonds. The number of hydrogen-bond donors (Lipinski definition) is 2. The van der Waals surface area contributed by atoms with E-state index in [1.165, 1.54) is 7.11 Å². The maximum absolute atomic E-state index is 12.5. The Hall–Kier alpha value is -3.19. The summed E-state index contributed by atoms with van der Waals surface area (Å²) < 4.78 is 10.6. The van der Waals surface area contributed by atoms with Crippen molar-refractivity contribution in [3.63, 3.8) is 0 Å². The first-order valence-corrected chi connectivity index (χ1v) is 8.30. The predicted octanol–water partition coefficient (Wildman–Crippen LogP) is 2.81. The first kappa shape index (κ1) is 16.3. The second-order valence-corrected chi connectivity index (χ2v) is 5.95. The number of aromatic nitrogens is 3. The summed E-state index contributed by atoms with van der Waals surface area (Å²) in [5.41, 5.74) is 5.16. The fourth-order valence-corrected chi connectivity index (χ4v) is 2.96. The van der Waals surface area contributed by atoms with Crippen LogP contribution in [0, 0.1) is 0 Å². The highest BCUT2D eigenvalue weighted by Gasteiger charge is 2.18. The highest BCUT2D eigenvalue weighted by atomic mass is 16.5. The van der Waals surface area contributed by atoms with Gasteiger partial charge in [0.25, 0.3) is 5.91 Å². The number of carbonyl (C=O) groups is 1. The molecular formula is C19H18N4O3. The summed E-state index contributed by atoms with van der Waals surface area (Å²) in [6.45, 7) is 1.26. The van der Waals surface area contributed by atoms with E-state index in [0.717, 1.165) is 28.9 Å². The van der Waals surface area contributed by atoms with E-state index in [1.807, 2.05) is 24.3 Å². The number of nitrogens with zero attached hydrogens (tertiary/aromatic N) is 2. The van der Waals surface area contributed by atoms with Crippen molar-refractivity contribution < 1.29 is 14.3 Å². The van der Waals surface area contributed by atoms with Crippen LogP contribution >= 0.6 is 0 Å². The van der Waals surface area contributed by atoms with Crippen molar-refractivity contribution in [1.82, 2.24) is 15.2 Å². The number of rotatable bonds is 4. The van der Waals surface area contributed by atoms with Gasteiger partial charge in [-0.3, -0.25) is 9.89 Å². The van der Waals surface area contributed by atoms with E-state index >= 15 is 0 Å². The third-order valence-corrected chi connectivity index (χ3v) is 4.30. The molecule has 1 aliphatic heterocycles. The van der Waals surface area contributed by atoms with Gasteiger partial charge in [-0.15, -0.1) is 0 Å². The molecule has 0 bridgehead atoms. The van der Waals surface area contributed by atoms with Crippen molar-refractivity contribution in [3.05, 3.63) is 59.4 Å². The van der Waals surface area contributed by atoms with E-state index < -0.39 is 0 Å². The lowest BCUT2D eigenvalue weighted by atomic mass is 10.0. The zero-order valence-corrected chi connectivity index (χ0v) is 14.3. The van der Waals surface area contributed by atoms with Crippen molar-refractivity contribution in [2.24, 2.45) is 0 Å². The van der Waals surface area contributed by atoms with Crippen LogP contribution in [0.2, 0.25) is 0 Å². The molecule has 0 radical (unpaired) electrons. The van der Waals surface area contributed by atoms with E-state index in [2.05, 4.69) is 20.5 Å². The van der Waals surface area contributed by atoms with Crippen LogP contribution in [0.4, 0.5) is 5.69 Å². The normalized spacial score (nSPS) is 13.1. The number of methoxy groups -OCH3 is 1. The molecule has 0 aliphatic carbocycles. The highest BCUT2D eigenvalue weighted by molar-refractivity contribution is 6.04. The molecule has 7 heteroatoms. The Morgan fingerprint density at radius 3 is 3.12 bits per heavy atom. The van der Waals surface area contributed by atoms with Crippen molar-refractivity contribution in [3.8, 4) is 17.1 Å². The first-order chi connectivity index (χ1) is 12.7. The molecule has 1 aromatic carbocycles. The van der Waals surface area contributed by atoms with E-state index in [1.54, 1.807) is 18.3 Å². The van der Waals surface area contributed by atoms with Gasteiger partial charge in [0.2, 0.25) is 5.88 Å². The van der Waals surface area contributed by atoms with Crippen molar-refractivity contribution in [1.29, 1.82) is 0 Å². The van der Waals surface area contributed by atoms with E-state index in [4.69, 9.17) is 9.47 Å². The predicted molar refractivity (Wildman–Crippen MR) is 96.1 cm³/mol. The number of pyridine rings is 1. The maximum atomic E-state index is 12.5. The second-order valence-electron chi connectivity index (χ2n) is 5.95. The summed E-state index contributed by atoms with van der Waals surface area (Å²) in [4.78, 5) is 16.5. The molecule has 26 heavy (non-hydrogen) atoms. The van der Waals surface area contributed by atoms with Crippen LogP contribution in [0.25, 0.3) is 11.3 Å². The molecule has 2 N–H and O–H groups in total. The average Bonchev–Trinajstić information content (AvgIpc) is 3.12. The topological polar surface area (TPSA) is 89.1 Å². The minimum Gasteiger partial charge on any atom is -0.481 e. The van der Waals surface area contributed by atoms with Crippen molar-refractivity contribution in [2.45, 2.75) is 13.0 Å².